The lowest BCUT2D eigenvalue weighted by Gasteiger charge is -2.29. The van der Waals surface area contributed by atoms with Crippen molar-refractivity contribution in [2.75, 3.05) is 18.0 Å². The first-order valence-corrected chi connectivity index (χ1v) is 7.60. The molecule has 1 aliphatic rings. The lowest BCUT2D eigenvalue weighted by atomic mass is 10.1. The molecule has 2 aromatic rings. The zero-order chi connectivity index (χ0) is 16.3. The van der Waals surface area contributed by atoms with E-state index in [9.17, 15) is 13.2 Å². The number of rotatable bonds is 3. The summed E-state index contributed by atoms with van der Waals surface area (Å²) in [5, 5.41) is 0. The number of anilines is 1. The third-order valence-electron chi connectivity index (χ3n) is 3.85. The average Bonchev–Trinajstić information content (AvgIpc) is 2.56. The zero-order valence-corrected chi connectivity index (χ0v) is 12.5. The molecule has 1 fully saturated rings. The normalized spacial score (nSPS) is 15.5. The topological polar surface area (TPSA) is 25.4 Å². The van der Waals surface area contributed by atoms with Crippen LogP contribution in [-0.2, 0) is 6.18 Å². The lowest BCUT2D eigenvalue weighted by Crippen LogP contribution is -2.29. The fourth-order valence-corrected chi connectivity index (χ4v) is 2.73. The summed E-state index contributed by atoms with van der Waals surface area (Å²) >= 11 is 0. The van der Waals surface area contributed by atoms with Gasteiger partial charge in [-0.15, -0.1) is 0 Å². The summed E-state index contributed by atoms with van der Waals surface area (Å²) in [6, 6.07) is 8.81. The molecule has 6 heteroatoms. The molecule has 23 heavy (non-hydrogen) atoms. The molecule has 1 aromatic carbocycles. The van der Waals surface area contributed by atoms with Crippen LogP contribution in [-0.4, -0.2) is 18.1 Å². The van der Waals surface area contributed by atoms with Crippen molar-refractivity contribution in [2.45, 2.75) is 25.4 Å². The summed E-state index contributed by atoms with van der Waals surface area (Å²) in [6.45, 7) is 1.73. The van der Waals surface area contributed by atoms with E-state index in [1.165, 1.54) is 30.8 Å². The molecule has 0 radical (unpaired) electrons. The first kappa shape index (κ1) is 15.6. The Morgan fingerprint density at radius 3 is 2.43 bits per heavy atom. The number of ether oxygens (including phenoxy) is 1. The van der Waals surface area contributed by atoms with Crippen molar-refractivity contribution < 1.29 is 17.9 Å². The smallest absolute Gasteiger partial charge is 0.419 e. The van der Waals surface area contributed by atoms with Gasteiger partial charge in [-0.25, -0.2) is 4.98 Å². The first-order chi connectivity index (χ1) is 11.1. The fraction of sp³-hybridized carbons (Fsp3) is 0.353. The molecule has 0 spiro atoms. The van der Waals surface area contributed by atoms with Crippen LogP contribution in [0.1, 0.15) is 24.8 Å². The Labute approximate surface area is 132 Å². The molecule has 0 N–H and O–H groups in total. The largest absolute Gasteiger partial charge is 0.436 e. The Hall–Kier alpha value is -2.24. The number of hydrogen-bond donors (Lipinski definition) is 0. The minimum Gasteiger partial charge on any atom is -0.436 e. The Balaban J connectivity index is 1.92. The van der Waals surface area contributed by atoms with Crippen LogP contribution in [0, 0.1) is 0 Å². The van der Waals surface area contributed by atoms with E-state index in [-0.39, 0.29) is 11.6 Å². The molecule has 3 nitrogen and oxygen atoms in total. The maximum atomic E-state index is 13.1. The summed E-state index contributed by atoms with van der Waals surface area (Å²) in [4.78, 5) is 6.25. The highest BCUT2D eigenvalue weighted by atomic mass is 19.4. The second-order valence-electron chi connectivity index (χ2n) is 5.47. The van der Waals surface area contributed by atoms with Crippen molar-refractivity contribution in [3.63, 3.8) is 0 Å². The first-order valence-electron chi connectivity index (χ1n) is 7.60. The second-order valence-corrected chi connectivity index (χ2v) is 5.47. The number of benzene rings is 1. The Kier molecular flexibility index (Phi) is 4.41. The van der Waals surface area contributed by atoms with Gasteiger partial charge in [0.2, 0.25) is 5.88 Å². The predicted octanol–water partition coefficient (Wildman–Crippen LogP) is 4.88. The molecule has 0 aliphatic carbocycles. The van der Waals surface area contributed by atoms with Crippen LogP contribution in [0.3, 0.4) is 0 Å². The van der Waals surface area contributed by atoms with E-state index >= 15 is 0 Å². The maximum Gasteiger partial charge on any atom is 0.419 e. The van der Waals surface area contributed by atoms with Gasteiger partial charge in [-0.2, -0.15) is 13.2 Å². The fourth-order valence-electron chi connectivity index (χ4n) is 2.73. The molecule has 1 aliphatic heterocycles. The third-order valence-corrected chi connectivity index (χ3v) is 3.85. The van der Waals surface area contributed by atoms with E-state index in [0.29, 0.717) is 0 Å². The molecule has 3 rings (SSSR count). The van der Waals surface area contributed by atoms with Gasteiger partial charge in [0.15, 0.2) is 0 Å². The molecule has 0 atom stereocenters. The van der Waals surface area contributed by atoms with Gasteiger partial charge in [0.1, 0.15) is 11.4 Å². The number of nitrogens with zero attached hydrogens (tertiary/aromatic N) is 2. The molecule has 0 amide bonds. The molecule has 0 unspecified atom stereocenters. The van der Waals surface area contributed by atoms with Gasteiger partial charge in [-0.05, 0) is 43.5 Å². The Morgan fingerprint density at radius 1 is 0.957 bits per heavy atom. The number of pyridine rings is 1. The van der Waals surface area contributed by atoms with E-state index in [4.69, 9.17) is 4.74 Å². The Morgan fingerprint density at radius 2 is 1.70 bits per heavy atom. The second kappa shape index (κ2) is 6.48. The summed E-state index contributed by atoms with van der Waals surface area (Å²) in [7, 11) is 0. The van der Waals surface area contributed by atoms with E-state index in [1.807, 2.05) is 6.07 Å². The summed E-state index contributed by atoms with van der Waals surface area (Å²) in [6.07, 6.45) is 0.362. The highest BCUT2D eigenvalue weighted by Crippen LogP contribution is 2.39. The monoisotopic (exact) mass is 322 g/mol. The van der Waals surface area contributed by atoms with Crippen molar-refractivity contribution in [1.82, 2.24) is 4.98 Å². The summed E-state index contributed by atoms with van der Waals surface area (Å²) < 4.78 is 44.8. The lowest BCUT2D eigenvalue weighted by molar-refractivity contribution is -0.138. The highest BCUT2D eigenvalue weighted by Gasteiger charge is 2.34. The number of para-hydroxylation sites is 1. The molecule has 122 valence electrons. The zero-order valence-electron chi connectivity index (χ0n) is 12.5. The van der Waals surface area contributed by atoms with Crippen LogP contribution in [0.4, 0.5) is 18.9 Å². The van der Waals surface area contributed by atoms with Gasteiger partial charge >= 0.3 is 6.18 Å². The molecule has 0 bridgehead atoms. The van der Waals surface area contributed by atoms with Gasteiger partial charge in [-0.1, -0.05) is 12.1 Å². The highest BCUT2D eigenvalue weighted by molar-refractivity contribution is 5.56. The Bertz CT molecular complexity index is 667. The van der Waals surface area contributed by atoms with Crippen LogP contribution in [0.5, 0.6) is 11.6 Å². The predicted molar refractivity (Wildman–Crippen MR) is 81.8 cm³/mol. The van der Waals surface area contributed by atoms with Crippen molar-refractivity contribution >= 4 is 5.69 Å². The standard InChI is InChI=1S/C17H17F3N2O/c18-17(19,20)13-7-2-3-9-15(13)23-16-14(8-6-10-21-16)22-11-4-1-5-12-22/h2-3,6-10H,1,4-5,11-12H2. The van der Waals surface area contributed by atoms with Gasteiger partial charge in [0.25, 0.3) is 0 Å². The molecular formula is C17H17F3N2O. The molecule has 1 aromatic heterocycles. The molecule has 1 saturated heterocycles. The van der Waals surface area contributed by atoms with Gasteiger partial charge in [0.05, 0.1) is 5.56 Å². The van der Waals surface area contributed by atoms with E-state index in [2.05, 4.69) is 9.88 Å². The van der Waals surface area contributed by atoms with E-state index in [1.54, 1.807) is 6.07 Å². The van der Waals surface area contributed by atoms with Gasteiger partial charge < -0.3 is 9.64 Å². The van der Waals surface area contributed by atoms with Crippen LogP contribution < -0.4 is 9.64 Å². The number of alkyl halides is 3. The SMILES string of the molecule is FC(F)(F)c1ccccc1Oc1ncccc1N1CCCCC1. The van der Waals surface area contributed by atoms with Crippen molar-refractivity contribution in [3.8, 4) is 11.6 Å². The van der Waals surface area contributed by atoms with E-state index < -0.39 is 11.7 Å². The van der Waals surface area contributed by atoms with Crippen molar-refractivity contribution in [3.05, 3.63) is 48.2 Å². The summed E-state index contributed by atoms with van der Waals surface area (Å²) in [5.41, 5.74) is -0.0561. The minimum atomic E-state index is -4.46. The number of piperidine rings is 1. The molecular weight excluding hydrogens is 305 g/mol. The van der Waals surface area contributed by atoms with E-state index in [0.717, 1.165) is 37.7 Å². The average molecular weight is 322 g/mol. The third kappa shape index (κ3) is 3.57. The maximum absolute atomic E-state index is 13.1. The van der Waals surface area contributed by atoms with Crippen LogP contribution in [0.15, 0.2) is 42.6 Å². The molecule has 2 heterocycles. The van der Waals surface area contributed by atoms with Crippen LogP contribution in [0.2, 0.25) is 0 Å². The minimum absolute atomic E-state index is 0.214. The quantitative estimate of drug-likeness (QED) is 0.805. The number of hydrogen-bond acceptors (Lipinski definition) is 3. The van der Waals surface area contributed by atoms with Gasteiger partial charge in [-0.3, -0.25) is 0 Å². The summed E-state index contributed by atoms with van der Waals surface area (Å²) in [5.74, 6) is -0.0111. The van der Waals surface area contributed by atoms with Crippen molar-refractivity contribution in [2.24, 2.45) is 0 Å². The van der Waals surface area contributed by atoms with Crippen LogP contribution in [0.25, 0.3) is 0 Å². The van der Waals surface area contributed by atoms with Gasteiger partial charge in [0, 0.05) is 19.3 Å². The van der Waals surface area contributed by atoms with Crippen molar-refractivity contribution in [1.29, 1.82) is 0 Å². The number of aromatic nitrogens is 1. The van der Waals surface area contributed by atoms with Crippen LogP contribution >= 0.6 is 0 Å². The number of halogens is 3. The molecule has 0 saturated carbocycles.